The van der Waals surface area contributed by atoms with Crippen LogP contribution in [0.1, 0.15) is 36.2 Å². The fourth-order valence-corrected chi connectivity index (χ4v) is 3.62. The van der Waals surface area contributed by atoms with Crippen molar-refractivity contribution in [3.63, 3.8) is 0 Å². The highest BCUT2D eigenvalue weighted by molar-refractivity contribution is 5.91. The zero-order chi connectivity index (χ0) is 19.5. The molecule has 8 nitrogen and oxygen atoms in total. The van der Waals surface area contributed by atoms with Gasteiger partial charge in [0.1, 0.15) is 5.82 Å². The van der Waals surface area contributed by atoms with E-state index in [0.29, 0.717) is 5.95 Å². The molecule has 146 valence electrons. The van der Waals surface area contributed by atoms with Crippen LogP contribution in [0.5, 0.6) is 0 Å². The van der Waals surface area contributed by atoms with Gasteiger partial charge in [0.2, 0.25) is 11.7 Å². The highest BCUT2D eigenvalue weighted by Crippen LogP contribution is 2.26. The fraction of sp³-hybridized carbons (Fsp3) is 0.400. The van der Waals surface area contributed by atoms with Gasteiger partial charge in [0.05, 0.1) is 11.7 Å². The summed E-state index contributed by atoms with van der Waals surface area (Å²) in [6, 6.07) is 10.0. The van der Waals surface area contributed by atoms with Crippen LogP contribution >= 0.6 is 0 Å². The maximum Gasteiger partial charge on any atom is 0.290 e. The smallest absolute Gasteiger partial charge is 0.290 e. The second-order valence-corrected chi connectivity index (χ2v) is 7.33. The van der Waals surface area contributed by atoms with Crippen LogP contribution < -0.4 is 15.5 Å². The molecule has 0 atom stereocenters. The van der Waals surface area contributed by atoms with Gasteiger partial charge in [-0.25, -0.2) is 4.98 Å². The van der Waals surface area contributed by atoms with Gasteiger partial charge in [-0.15, -0.1) is 0 Å². The van der Waals surface area contributed by atoms with Crippen molar-refractivity contribution in [2.45, 2.75) is 37.8 Å². The fourth-order valence-electron chi connectivity index (χ4n) is 3.62. The number of aromatic nitrogens is 3. The molecule has 2 heterocycles. The molecule has 1 aliphatic carbocycles. The van der Waals surface area contributed by atoms with E-state index < -0.39 is 0 Å². The van der Waals surface area contributed by atoms with Crippen molar-refractivity contribution in [3.8, 4) is 0 Å². The Balaban J connectivity index is 1.39. The number of nitrogens with one attached hydrogen (secondary N) is 2. The van der Waals surface area contributed by atoms with Crippen LogP contribution in [0.3, 0.4) is 0 Å². The minimum atomic E-state index is -0.206. The average molecular weight is 380 g/mol. The number of benzene rings is 1. The average Bonchev–Trinajstić information content (AvgIpc) is 3.24. The standard InChI is InChI=1S/C20H24N6O2/c1-26(2)18-15-5-3-4-6-16(15)24-20(25-18)23-14-9-7-13(8-10-14)22-19(27)17-11-12-21-28-17/h3-6,11-14H,7-10H2,1-2H3,(H,22,27)(H,23,24,25). The van der Waals surface area contributed by atoms with E-state index >= 15 is 0 Å². The second-order valence-electron chi connectivity index (χ2n) is 7.33. The first kappa shape index (κ1) is 18.2. The topological polar surface area (TPSA) is 96.2 Å². The van der Waals surface area contributed by atoms with Crippen LogP contribution in [0.25, 0.3) is 10.9 Å². The van der Waals surface area contributed by atoms with Crippen molar-refractivity contribution < 1.29 is 9.32 Å². The lowest BCUT2D eigenvalue weighted by molar-refractivity contribution is 0.0889. The Labute approximate surface area is 163 Å². The Bertz CT molecular complexity index is 948. The van der Waals surface area contributed by atoms with Crippen molar-refractivity contribution >= 4 is 28.6 Å². The number of rotatable bonds is 5. The molecular formula is C20H24N6O2. The maximum absolute atomic E-state index is 12.1. The van der Waals surface area contributed by atoms with Gasteiger partial charge in [-0.3, -0.25) is 4.79 Å². The van der Waals surface area contributed by atoms with Gasteiger partial charge in [0.15, 0.2) is 0 Å². The first-order valence-corrected chi connectivity index (χ1v) is 9.52. The number of carbonyl (C=O) groups is 1. The highest BCUT2D eigenvalue weighted by atomic mass is 16.5. The quantitative estimate of drug-likeness (QED) is 0.702. The molecule has 8 heteroatoms. The summed E-state index contributed by atoms with van der Waals surface area (Å²) in [5.74, 6) is 1.60. The van der Waals surface area contributed by atoms with Crippen LogP contribution in [-0.4, -0.2) is 47.2 Å². The number of fused-ring (bicyclic) bond motifs is 1. The largest absolute Gasteiger partial charge is 0.362 e. The molecule has 1 fully saturated rings. The molecule has 1 aliphatic rings. The minimum Gasteiger partial charge on any atom is -0.362 e. The second kappa shape index (κ2) is 7.84. The van der Waals surface area contributed by atoms with E-state index in [1.165, 1.54) is 6.20 Å². The molecule has 0 saturated heterocycles. The van der Waals surface area contributed by atoms with Gasteiger partial charge in [0, 0.05) is 37.6 Å². The minimum absolute atomic E-state index is 0.144. The van der Waals surface area contributed by atoms with Crippen LogP contribution in [0.15, 0.2) is 41.1 Å². The molecule has 2 aromatic heterocycles. The Morgan fingerprint density at radius 2 is 1.82 bits per heavy atom. The third-order valence-corrected chi connectivity index (χ3v) is 5.06. The van der Waals surface area contributed by atoms with Gasteiger partial charge in [-0.2, -0.15) is 4.98 Å². The van der Waals surface area contributed by atoms with Gasteiger partial charge < -0.3 is 20.1 Å². The van der Waals surface area contributed by atoms with Gasteiger partial charge in [0.25, 0.3) is 5.91 Å². The third-order valence-electron chi connectivity index (χ3n) is 5.06. The number of hydrogen-bond acceptors (Lipinski definition) is 7. The van der Waals surface area contributed by atoms with Crippen molar-refractivity contribution in [2.24, 2.45) is 0 Å². The molecule has 2 N–H and O–H groups in total. The van der Waals surface area contributed by atoms with E-state index in [1.807, 2.05) is 43.3 Å². The summed E-state index contributed by atoms with van der Waals surface area (Å²) in [5, 5.41) is 11.1. The maximum atomic E-state index is 12.1. The Morgan fingerprint density at radius 1 is 1.07 bits per heavy atom. The SMILES string of the molecule is CN(C)c1nc(NC2CCC(NC(=O)c3ccno3)CC2)nc2ccccc12. The molecule has 0 spiro atoms. The lowest BCUT2D eigenvalue weighted by Gasteiger charge is -2.29. The highest BCUT2D eigenvalue weighted by Gasteiger charge is 2.24. The number of hydrogen-bond donors (Lipinski definition) is 2. The van der Waals surface area contributed by atoms with Crippen molar-refractivity contribution in [3.05, 3.63) is 42.3 Å². The first-order valence-electron chi connectivity index (χ1n) is 9.52. The van der Waals surface area contributed by atoms with Crippen molar-refractivity contribution in [1.29, 1.82) is 0 Å². The van der Waals surface area contributed by atoms with Crippen molar-refractivity contribution in [2.75, 3.05) is 24.3 Å². The number of carbonyl (C=O) groups excluding carboxylic acids is 1. The van der Waals surface area contributed by atoms with Gasteiger partial charge >= 0.3 is 0 Å². The molecule has 1 amide bonds. The summed E-state index contributed by atoms with van der Waals surface area (Å²) in [4.78, 5) is 23.5. The van der Waals surface area contributed by atoms with E-state index in [0.717, 1.165) is 42.4 Å². The molecule has 0 bridgehead atoms. The van der Waals surface area contributed by atoms with E-state index in [2.05, 4.69) is 20.8 Å². The molecule has 3 aromatic rings. The van der Waals surface area contributed by atoms with Crippen molar-refractivity contribution in [1.82, 2.24) is 20.4 Å². The van der Waals surface area contributed by atoms with E-state index in [1.54, 1.807) is 6.07 Å². The molecule has 0 aliphatic heterocycles. The normalized spacial score (nSPS) is 19.4. The lowest BCUT2D eigenvalue weighted by Crippen LogP contribution is -2.40. The Hall–Kier alpha value is -3.16. The van der Waals surface area contributed by atoms with E-state index in [4.69, 9.17) is 9.51 Å². The third kappa shape index (κ3) is 3.90. The number of para-hydroxylation sites is 1. The Kier molecular flexibility index (Phi) is 5.10. The summed E-state index contributed by atoms with van der Waals surface area (Å²) < 4.78 is 4.91. The molecule has 1 saturated carbocycles. The van der Waals surface area contributed by atoms with Crippen LogP contribution in [0, 0.1) is 0 Å². The van der Waals surface area contributed by atoms with Crippen LogP contribution in [0.4, 0.5) is 11.8 Å². The lowest BCUT2D eigenvalue weighted by atomic mass is 9.91. The van der Waals surface area contributed by atoms with Gasteiger partial charge in [-0.1, -0.05) is 17.3 Å². The van der Waals surface area contributed by atoms with Gasteiger partial charge in [-0.05, 0) is 37.8 Å². The predicted octanol–water partition coefficient (Wildman–Crippen LogP) is 2.84. The monoisotopic (exact) mass is 380 g/mol. The number of anilines is 2. The summed E-state index contributed by atoms with van der Waals surface area (Å²) >= 11 is 0. The number of nitrogens with zero attached hydrogens (tertiary/aromatic N) is 4. The molecule has 0 unspecified atom stereocenters. The summed E-state index contributed by atoms with van der Waals surface area (Å²) in [7, 11) is 3.97. The molecule has 1 aromatic carbocycles. The summed E-state index contributed by atoms with van der Waals surface area (Å²) in [6.45, 7) is 0. The molecule has 28 heavy (non-hydrogen) atoms. The van der Waals surface area contributed by atoms with Crippen LogP contribution in [0.2, 0.25) is 0 Å². The Morgan fingerprint density at radius 3 is 2.54 bits per heavy atom. The zero-order valence-electron chi connectivity index (χ0n) is 16.1. The predicted molar refractivity (Wildman–Crippen MR) is 108 cm³/mol. The van der Waals surface area contributed by atoms with E-state index in [-0.39, 0.29) is 23.8 Å². The summed E-state index contributed by atoms with van der Waals surface area (Å²) in [6.07, 6.45) is 5.14. The van der Waals surface area contributed by atoms with Crippen LogP contribution in [-0.2, 0) is 0 Å². The van der Waals surface area contributed by atoms with E-state index in [9.17, 15) is 4.79 Å². The zero-order valence-corrected chi connectivity index (χ0v) is 16.1. The molecular weight excluding hydrogens is 356 g/mol. The molecule has 0 radical (unpaired) electrons. The first-order chi connectivity index (χ1) is 13.6. The molecule has 4 rings (SSSR count). The summed E-state index contributed by atoms with van der Waals surface area (Å²) in [5.41, 5.74) is 0.928. The number of amides is 1.